The summed E-state index contributed by atoms with van der Waals surface area (Å²) in [4.78, 5) is 15.6. The van der Waals surface area contributed by atoms with Crippen LogP contribution in [0.3, 0.4) is 0 Å². The second-order valence-corrected chi connectivity index (χ2v) is 5.85. The first-order chi connectivity index (χ1) is 12.9. The van der Waals surface area contributed by atoms with E-state index in [2.05, 4.69) is 30.5 Å². The van der Waals surface area contributed by atoms with Crippen LogP contribution < -0.4 is 15.5 Å². The number of ether oxygens (including phenoxy) is 1. The highest BCUT2D eigenvalue weighted by Crippen LogP contribution is 2.26. The van der Waals surface area contributed by atoms with Crippen LogP contribution in [0.5, 0.6) is 0 Å². The standard InChI is InChI=1S/C19H20N6O/c1-2-5-15(6-3-1)22-17-8-10-21-19(23-17)24-18-16(7-4-9-20-18)25-11-13-26-14-12-25/h1-10H,11-14H2,(H2,20,21,22,23,24). The van der Waals surface area contributed by atoms with E-state index in [0.717, 1.165) is 49.3 Å². The molecule has 132 valence electrons. The number of anilines is 5. The monoisotopic (exact) mass is 348 g/mol. The third-order valence-electron chi connectivity index (χ3n) is 4.07. The maximum atomic E-state index is 5.44. The number of hydrogen-bond acceptors (Lipinski definition) is 7. The Morgan fingerprint density at radius 1 is 0.846 bits per heavy atom. The number of morpholine rings is 1. The number of hydrogen-bond donors (Lipinski definition) is 2. The van der Waals surface area contributed by atoms with Gasteiger partial charge in [0.05, 0.1) is 18.9 Å². The maximum absolute atomic E-state index is 5.44. The summed E-state index contributed by atoms with van der Waals surface area (Å²) < 4.78 is 5.44. The van der Waals surface area contributed by atoms with Crippen molar-refractivity contribution in [3.05, 3.63) is 60.9 Å². The first-order valence-corrected chi connectivity index (χ1v) is 8.58. The van der Waals surface area contributed by atoms with Gasteiger partial charge in [-0.3, -0.25) is 0 Å². The van der Waals surface area contributed by atoms with Gasteiger partial charge in [-0.1, -0.05) is 18.2 Å². The summed E-state index contributed by atoms with van der Waals surface area (Å²) in [6.07, 6.45) is 3.48. The van der Waals surface area contributed by atoms with Crippen LogP contribution in [-0.2, 0) is 4.74 Å². The normalized spacial score (nSPS) is 14.1. The minimum atomic E-state index is 0.499. The summed E-state index contributed by atoms with van der Waals surface area (Å²) in [5.41, 5.74) is 2.00. The predicted molar refractivity (Wildman–Crippen MR) is 102 cm³/mol. The Morgan fingerprint density at radius 2 is 1.69 bits per heavy atom. The number of pyridine rings is 1. The first-order valence-electron chi connectivity index (χ1n) is 8.58. The number of nitrogens with one attached hydrogen (secondary N) is 2. The molecule has 1 aliphatic rings. The fourth-order valence-electron chi connectivity index (χ4n) is 2.82. The molecule has 7 heteroatoms. The van der Waals surface area contributed by atoms with E-state index in [1.165, 1.54) is 0 Å². The molecule has 0 bridgehead atoms. The molecule has 3 heterocycles. The fourth-order valence-corrected chi connectivity index (χ4v) is 2.82. The van der Waals surface area contributed by atoms with Crippen molar-refractivity contribution in [2.75, 3.05) is 41.8 Å². The average Bonchev–Trinajstić information content (AvgIpc) is 2.70. The molecule has 1 aliphatic heterocycles. The van der Waals surface area contributed by atoms with E-state index in [0.29, 0.717) is 5.95 Å². The van der Waals surface area contributed by atoms with Crippen molar-refractivity contribution in [2.24, 2.45) is 0 Å². The highest BCUT2D eigenvalue weighted by Gasteiger charge is 2.16. The van der Waals surface area contributed by atoms with E-state index in [9.17, 15) is 0 Å². The van der Waals surface area contributed by atoms with Gasteiger partial charge in [-0.15, -0.1) is 0 Å². The zero-order valence-electron chi connectivity index (χ0n) is 14.3. The van der Waals surface area contributed by atoms with Crippen LogP contribution in [0.4, 0.5) is 29.0 Å². The van der Waals surface area contributed by atoms with Crippen molar-refractivity contribution in [1.29, 1.82) is 0 Å². The van der Waals surface area contributed by atoms with Gasteiger partial charge in [0.15, 0.2) is 5.82 Å². The van der Waals surface area contributed by atoms with Gasteiger partial charge in [0.25, 0.3) is 0 Å². The number of para-hydroxylation sites is 1. The highest BCUT2D eigenvalue weighted by molar-refractivity contribution is 5.70. The summed E-state index contributed by atoms with van der Waals surface area (Å²) in [7, 11) is 0. The average molecular weight is 348 g/mol. The highest BCUT2D eigenvalue weighted by atomic mass is 16.5. The second kappa shape index (κ2) is 7.79. The van der Waals surface area contributed by atoms with Crippen LogP contribution in [0.2, 0.25) is 0 Å². The molecule has 0 radical (unpaired) electrons. The minimum absolute atomic E-state index is 0.499. The van der Waals surface area contributed by atoms with Crippen molar-refractivity contribution < 1.29 is 4.74 Å². The molecule has 7 nitrogen and oxygen atoms in total. The molecule has 0 saturated carbocycles. The summed E-state index contributed by atoms with van der Waals surface area (Å²) in [5, 5.41) is 6.51. The zero-order valence-corrected chi connectivity index (χ0v) is 14.3. The first kappa shape index (κ1) is 16.3. The SMILES string of the molecule is c1ccc(Nc2ccnc(Nc3ncccc3N3CCOCC3)n2)cc1. The molecule has 1 saturated heterocycles. The van der Waals surface area contributed by atoms with E-state index in [1.807, 2.05) is 48.5 Å². The molecule has 0 atom stereocenters. The van der Waals surface area contributed by atoms with Crippen molar-refractivity contribution in [2.45, 2.75) is 0 Å². The molecule has 3 aromatic rings. The topological polar surface area (TPSA) is 75.2 Å². The van der Waals surface area contributed by atoms with Crippen molar-refractivity contribution in [3.63, 3.8) is 0 Å². The van der Waals surface area contributed by atoms with E-state index < -0.39 is 0 Å². The summed E-state index contributed by atoms with van der Waals surface area (Å²) in [6.45, 7) is 3.14. The number of nitrogens with zero attached hydrogens (tertiary/aromatic N) is 4. The Labute approximate surface area is 152 Å². The van der Waals surface area contributed by atoms with E-state index >= 15 is 0 Å². The molecule has 1 fully saturated rings. The molecule has 0 spiro atoms. The molecular weight excluding hydrogens is 328 g/mol. The smallest absolute Gasteiger partial charge is 0.230 e. The van der Waals surface area contributed by atoms with E-state index in [1.54, 1.807) is 12.4 Å². The molecular formula is C19H20N6O. The molecule has 2 aromatic heterocycles. The molecule has 0 unspecified atom stereocenters. The molecule has 0 aliphatic carbocycles. The van der Waals surface area contributed by atoms with Crippen molar-refractivity contribution in [3.8, 4) is 0 Å². The number of benzene rings is 1. The molecule has 2 N–H and O–H groups in total. The van der Waals surface area contributed by atoms with Crippen LogP contribution in [0.15, 0.2) is 60.9 Å². The fraction of sp³-hybridized carbons (Fsp3) is 0.211. The second-order valence-electron chi connectivity index (χ2n) is 5.85. The largest absolute Gasteiger partial charge is 0.378 e. The van der Waals surface area contributed by atoms with Gasteiger partial charge in [-0.25, -0.2) is 9.97 Å². The van der Waals surface area contributed by atoms with Gasteiger partial charge in [-0.2, -0.15) is 4.98 Å². The Kier molecular flexibility index (Phi) is 4.88. The minimum Gasteiger partial charge on any atom is -0.378 e. The van der Waals surface area contributed by atoms with Gasteiger partial charge >= 0.3 is 0 Å². The Morgan fingerprint density at radius 3 is 2.54 bits per heavy atom. The predicted octanol–water partition coefficient (Wildman–Crippen LogP) is 3.20. The van der Waals surface area contributed by atoms with Crippen LogP contribution >= 0.6 is 0 Å². The van der Waals surface area contributed by atoms with Gasteiger partial charge in [0, 0.05) is 31.2 Å². The van der Waals surface area contributed by atoms with Gasteiger partial charge < -0.3 is 20.3 Å². The zero-order chi connectivity index (χ0) is 17.6. The number of aromatic nitrogens is 3. The summed E-state index contributed by atoms with van der Waals surface area (Å²) in [5.74, 6) is 1.96. The van der Waals surface area contributed by atoms with E-state index in [-0.39, 0.29) is 0 Å². The van der Waals surface area contributed by atoms with Crippen LogP contribution in [0.1, 0.15) is 0 Å². The molecule has 26 heavy (non-hydrogen) atoms. The summed E-state index contributed by atoms with van der Waals surface area (Å²) in [6, 6.07) is 15.7. The lowest BCUT2D eigenvalue weighted by molar-refractivity contribution is 0.122. The molecule has 4 rings (SSSR count). The van der Waals surface area contributed by atoms with Crippen LogP contribution in [0, 0.1) is 0 Å². The Bertz CT molecular complexity index is 851. The quantitative estimate of drug-likeness (QED) is 0.733. The lowest BCUT2D eigenvalue weighted by Gasteiger charge is -2.29. The molecule has 0 amide bonds. The summed E-state index contributed by atoms with van der Waals surface area (Å²) >= 11 is 0. The lowest BCUT2D eigenvalue weighted by Crippen LogP contribution is -2.36. The Balaban J connectivity index is 1.53. The van der Waals surface area contributed by atoms with Crippen molar-refractivity contribution in [1.82, 2.24) is 15.0 Å². The maximum Gasteiger partial charge on any atom is 0.230 e. The van der Waals surface area contributed by atoms with E-state index in [4.69, 9.17) is 4.74 Å². The van der Waals surface area contributed by atoms with Gasteiger partial charge in [0.2, 0.25) is 5.95 Å². The third-order valence-corrected chi connectivity index (χ3v) is 4.07. The van der Waals surface area contributed by atoms with Crippen molar-refractivity contribution >= 4 is 29.0 Å². The van der Waals surface area contributed by atoms with Crippen LogP contribution in [0.25, 0.3) is 0 Å². The van der Waals surface area contributed by atoms with Gasteiger partial charge in [0.1, 0.15) is 5.82 Å². The number of rotatable bonds is 5. The third kappa shape index (κ3) is 3.89. The molecule has 1 aromatic carbocycles. The van der Waals surface area contributed by atoms with Gasteiger partial charge in [-0.05, 0) is 30.3 Å². The lowest BCUT2D eigenvalue weighted by atomic mass is 10.3. The van der Waals surface area contributed by atoms with Crippen LogP contribution in [-0.4, -0.2) is 41.3 Å². The Hall–Kier alpha value is -3.19.